The highest BCUT2D eigenvalue weighted by molar-refractivity contribution is 9.08. The van der Waals surface area contributed by atoms with E-state index in [-0.39, 0.29) is 0 Å². The van der Waals surface area contributed by atoms with E-state index >= 15 is 0 Å². The molecule has 0 amide bonds. The number of methoxy groups -OCH3 is 1. The van der Waals surface area contributed by atoms with Gasteiger partial charge in [-0.2, -0.15) is 13.2 Å². The molecule has 14 heavy (non-hydrogen) atoms. The van der Waals surface area contributed by atoms with Crippen molar-refractivity contribution in [3.05, 3.63) is 23.4 Å². The molecule has 0 aliphatic rings. The highest BCUT2D eigenvalue weighted by atomic mass is 79.9. The Morgan fingerprint density at radius 3 is 2.50 bits per heavy atom. The molecule has 2 nitrogen and oxygen atoms in total. The van der Waals surface area contributed by atoms with Crippen LogP contribution in [0.1, 0.15) is 11.3 Å². The van der Waals surface area contributed by atoms with Gasteiger partial charge in [0.25, 0.3) is 0 Å². The Kier molecular flexibility index (Phi) is 3.36. The predicted octanol–water partition coefficient (Wildman–Crippen LogP) is 3.00. The van der Waals surface area contributed by atoms with Gasteiger partial charge in [0.05, 0.1) is 12.8 Å². The van der Waals surface area contributed by atoms with Gasteiger partial charge in [0.1, 0.15) is 5.56 Å². The maximum absolute atomic E-state index is 12.3. The van der Waals surface area contributed by atoms with E-state index in [9.17, 15) is 13.2 Å². The van der Waals surface area contributed by atoms with Crippen LogP contribution in [0.5, 0.6) is 5.88 Å². The first kappa shape index (κ1) is 11.3. The minimum atomic E-state index is -4.43. The van der Waals surface area contributed by atoms with Gasteiger partial charge in [-0.05, 0) is 12.1 Å². The number of hydrogen-bond donors (Lipinski definition) is 0. The lowest BCUT2D eigenvalue weighted by atomic mass is 10.2. The highest BCUT2D eigenvalue weighted by Crippen LogP contribution is 2.35. The maximum Gasteiger partial charge on any atom is 0.421 e. The zero-order valence-corrected chi connectivity index (χ0v) is 8.82. The van der Waals surface area contributed by atoms with E-state index in [0.29, 0.717) is 11.0 Å². The number of hydrogen-bond acceptors (Lipinski definition) is 2. The maximum atomic E-state index is 12.3. The molecule has 1 aromatic rings. The summed E-state index contributed by atoms with van der Waals surface area (Å²) in [7, 11) is 1.16. The molecule has 0 N–H and O–H groups in total. The van der Waals surface area contributed by atoms with Crippen LogP contribution in [0.4, 0.5) is 13.2 Å². The Hall–Kier alpha value is -0.780. The van der Waals surface area contributed by atoms with Crippen LogP contribution in [0.15, 0.2) is 12.1 Å². The van der Waals surface area contributed by atoms with Gasteiger partial charge in [-0.15, -0.1) is 0 Å². The molecule has 0 radical (unpaired) electrons. The summed E-state index contributed by atoms with van der Waals surface area (Å²) in [6.07, 6.45) is -4.43. The quantitative estimate of drug-likeness (QED) is 0.771. The van der Waals surface area contributed by atoms with Crippen LogP contribution in [0, 0.1) is 0 Å². The van der Waals surface area contributed by atoms with Crippen molar-refractivity contribution in [2.75, 3.05) is 7.11 Å². The second-order valence-electron chi connectivity index (χ2n) is 2.49. The molecule has 0 fully saturated rings. The van der Waals surface area contributed by atoms with Crippen LogP contribution in [-0.4, -0.2) is 12.1 Å². The number of halogens is 4. The van der Waals surface area contributed by atoms with Crippen LogP contribution >= 0.6 is 15.9 Å². The largest absolute Gasteiger partial charge is 0.481 e. The lowest BCUT2D eigenvalue weighted by Crippen LogP contribution is -2.09. The number of rotatable bonds is 2. The minimum absolute atomic E-state index is 0.390. The normalized spacial score (nSPS) is 11.5. The van der Waals surface area contributed by atoms with Crippen LogP contribution in [0.2, 0.25) is 0 Å². The molecule has 0 atom stereocenters. The fourth-order valence-corrected chi connectivity index (χ4v) is 1.24. The predicted molar refractivity (Wildman–Crippen MR) is 48.4 cm³/mol. The Bertz CT molecular complexity index is 327. The van der Waals surface area contributed by atoms with Crippen molar-refractivity contribution < 1.29 is 17.9 Å². The summed E-state index contributed by atoms with van der Waals surface area (Å²) in [5.74, 6) is -0.394. The summed E-state index contributed by atoms with van der Waals surface area (Å²) in [5, 5.41) is 0.390. The van der Waals surface area contributed by atoms with Gasteiger partial charge in [0.2, 0.25) is 5.88 Å². The van der Waals surface area contributed by atoms with Crippen molar-refractivity contribution in [3.8, 4) is 5.88 Å². The van der Waals surface area contributed by atoms with Gasteiger partial charge in [-0.1, -0.05) is 15.9 Å². The zero-order chi connectivity index (χ0) is 10.8. The standard InChI is InChI=1S/C8H7BrF3NO/c1-14-7-6(8(10,11)12)3-2-5(4-9)13-7/h2-3H,4H2,1H3. The molecular formula is C8H7BrF3NO. The van der Waals surface area contributed by atoms with Gasteiger partial charge >= 0.3 is 6.18 Å². The number of ether oxygens (including phenoxy) is 1. The summed E-state index contributed by atoms with van der Waals surface area (Å²) in [4.78, 5) is 3.69. The van der Waals surface area contributed by atoms with Crippen molar-refractivity contribution >= 4 is 15.9 Å². The summed E-state index contributed by atoms with van der Waals surface area (Å²) in [6.45, 7) is 0. The Morgan fingerprint density at radius 2 is 2.07 bits per heavy atom. The summed E-state index contributed by atoms with van der Waals surface area (Å²) < 4.78 is 41.6. The SMILES string of the molecule is COc1nc(CBr)ccc1C(F)(F)F. The first-order valence-corrected chi connectivity index (χ1v) is 4.78. The first-order valence-electron chi connectivity index (χ1n) is 3.66. The van der Waals surface area contributed by atoms with Gasteiger partial charge in [-0.25, -0.2) is 4.98 Å². The topological polar surface area (TPSA) is 22.1 Å². The number of alkyl halides is 4. The van der Waals surface area contributed by atoms with Crippen LogP contribution in [-0.2, 0) is 11.5 Å². The molecule has 78 valence electrons. The number of nitrogens with zero attached hydrogens (tertiary/aromatic N) is 1. The third kappa shape index (κ3) is 2.37. The molecule has 0 saturated carbocycles. The van der Waals surface area contributed by atoms with Crippen LogP contribution < -0.4 is 4.74 Å². The Balaban J connectivity index is 3.18. The average molecular weight is 270 g/mol. The second kappa shape index (κ2) is 4.16. The third-order valence-electron chi connectivity index (χ3n) is 1.55. The van der Waals surface area contributed by atoms with E-state index in [1.165, 1.54) is 6.07 Å². The van der Waals surface area contributed by atoms with Gasteiger partial charge in [0, 0.05) is 5.33 Å². The highest BCUT2D eigenvalue weighted by Gasteiger charge is 2.35. The van der Waals surface area contributed by atoms with Crippen molar-refractivity contribution in [2.45, 2.75) is 11.5 Å². The molecule has 1 rings (SSSR count). The molecule has 6 heteroatoms. The van der Waals surface area contributed by atoms with E-state index in [4.69, 9.17) is 0 Å². The Labute approximate surface area is 87.2 Å². The first-order chi connectivity index (χ1) is 6.49. The van der Waals surface area contributed by atoms with Gasteiger partial charge < -0.3 is 4.74 Å². The molecule has 0 aliphatic carbocycles. The van der Waals surface area contributed by atoms with E-state index in [2.05, 4.69) is 25.7 Å². The van der Waals surface area contributed by atoms with Gasteiger partial charge in [-0.3, -0.25) is 0 Å². The molecule has 1 aromatic heterocycles. The zero-order valence-electron chi connectivity index (χ0n) is 7.23. The third-order valence-corrected chi connectivity index (χ3v) is 2.13. The van der Waals surface area contributed by atoms with Crippen molar-refractivity contribution in [1.82, 2.24) is 4.98 Å². The number of pyridine rings is 1. The summed E-state index contributed by atoms with van der Waals surface area (Å²) in [5.41, 5.74) is -0.362. The molecule has 0 spiro atoms. The molecule has 0 aromatic carbocycles. The molecule has 0 aliphatic heterocycles. The molecule has 1 heterocycles. The summed E-state index contributed by atoms with van der Waals surface area (Å²) >= 11 is 3.10. The lowest BCUT2D eigenvalue weighted by molar-refractivity contribution is -0.139. The van der Waals surface area contributed by atoms with Crippen molar-refractivity contribution in [3.63, 3.8) is 0 Å². The van der Waals surface area contributed by atoms with E-state index in [0.717, 1.165) is 13.2 Å². The van der Waals surface area contributed by atoms with Crippen LogP contribution in [0.3, 0.4) is 0 Å². The van der Waals surface area contributed by atoms with Crippen molar-refractivity contribution in [1.29, 1.82) is 0 Å². The molecular weight excluding hydrogens is 263 g/mol. The summed E-state index contributed by atoms with van der Waals surface area (Å²) in [6, 6.07) is 2.27. The minimum Gasteiger partial charge on any atom is -0.481 e. The van der Waals surface area contributed by atoms with E-state index in [1.807, 2.05) is 0 Å². The fourth-order valence-electron chi connectivity index (χ4n) is 0.925. The smallest absolute Gasteiger partial charge is 0.421 e. The number of aromatic nitrogens is 1. The van der Waals surface area contributed by atoms with Gasteiger partial charge in [0.15, 0.2) is 0 Å². The average Bonchev–Trinajstić information content (AvgIpc) is 2.15. The second-order valence-corrected chi connectivity index (χ2v) is 3.05. The Morgan fingerprint density at radius 1 is 1.43 bits per heavy atom. The molecule has 0 unspecified atom stereocenters. The molecule has 0 bridgehead atoms. The monoisotopic (exact) mass is 269 g/mol. The lowest BCUT2D eigenvalue weighted by Gasteiger charge is -2.11. The van der Waals surface area contributed by atoms with Crippen LogP contribution in [0.25, 0.3) is 0 Å². The van der Waals surface area contributed by atoms with E-state index in [1.54, 1.807) is 0 Å². The molecule has 0 saturated heterocycles. The van der Waals surface area contributed by atoms with E-state index < -0.39 is 17.6 Å². The fraction of sp³-hybridized carbons (Fsp3) is 0.375. The van der Waals surface area contributed by atoms with Crippen molar-refractivity contribution in [2.24, 2.45) is 0 Å².